The standard InChI is InChI=1S/C20H36N4O8.2C10H18N2O6.C8H16O4.C4H8O2.C3H6O2.2CH4/c1-15(25)14-16(26)24-20(8-5-11-30-17(27)21-2,9-6-12-31-18(28)22-3)10-7-13-32-19(29)23-4;1-7(13)6-18-8(4-11-9(14)16-2)5-12-10(15)17-3;1-7(13)4-16-8(5-17-9(14)11-2)6-18-10(15)12-3;1-7(9)4-12-8(5-10-2)6-11-3;1-4(5)3-6-2;1-3(4)5-2;;/h5-14H2,1-4H3,(H,21,27)(H,22,28)(H,23,29)(H,24,26);2*8H,4-6H2,1-3H3,(H,11,14)(H,12,15);8H,4-6H2,1-3H3;3H2,1-2H3;1-2H3;2*1H4. The Kier molecular flexibility index (Phi) is 75.9. The summed E-state index contributed by atoms with van der Waals surface area (Å²) in [6.45, 7) is 9.76. The van der Waals surface area contributed by atoms with E-state index in [0.29, 0.717) is 51.7 Å². The molecular formula is C57H110N8O28. The molecule has 0 aliphatic carbocycles. The van der Waals surface area contributed by atoms with E-state index >= 15 is 0 Å². The van der Waals surface area contributed by atoms with Crippen LogP contribution in [0.5, 0.6) is 0 Å². The number of methoxy groups -OCH3 is 6. The van der Waals surface area contributed by atoms with Gasteiger partial charge in [-0.05, 0) is 73.1 Å². The molecule has 0 radical (unpaired) electrons. The van der Waals surface area contributed by atoms with E-state index < -0.39 is 66.3 Å². The van der Waals surface area contributed by atoms with Gasteiger partial charge in [0.2, 0.25) is 5.91 Å². The Labute approximate surface area is 546 Å². The van der Waals surface area contributed by atoms with Crippen molar-refractivity contribution in [2.75, 3.05) is 164 Å². The minimum absolute atomic E-state index is 0. The number of ketones is 5. The second kappa shape index (κ2) is 69.8. The smallest absolute Gasteiger partial charge is 0.406 e. The van der Waals surface area contributed by atoms with Gasteiger partial charge >= 0.3 is 48.6 Å². The van der Waals surface area contributed by atoms with Gasteiger partial charge in [0.1, 0.15) is 57.6 Å². The predicted octanol–water partition coefficient (Wildman–Crippen LogP) is 2.50. The summed E-state index contributed by atoms with van der Waals surface area (Å²) >= 11 is 0. The van der Waals surface area contributed by atoms with Gasteiger partial charge in [0.25, 0.3) is 0 Å². The molecule has 36 heteroatoms. The molecule has 0 aliphatic heterocycles. The summed E-state index contributed by atoms with van der Waals surface area (Å²) in [5.41, 5.74) is -0.767. The van der Waals surface area contributed by atoms with Crippen LogP contribution < -0.4 is 42.5 Å². The number of rotatable bonds is 38. The summed E-state index contributed by atoms with van der Waals surface area (Å²) in [7, 11) is 15.7. The quantitative estimate of drug-likeness (QED) is 0.0190. The molecule has 0 heterocycles. The highest BCUT2D eigenvalue weighted by Crippen LogP contribution is 2.26. The maximum atomic E-state index is 12.4. The van der Waals surface area contributed by atoms with Crippen LogP contribution in [0.3, 0.4) is 0 Å². The van der Waals surface area contributed by atoms with Crippen molar-refractivity contribution >= 4 is 83.4 Å². The Hall–Kier alpha value is -8.06. The molecule has 0 fully saturated rings. The van der Waals surface area contributed by atoms with Gasteiger partial charge in [0.05, 0.1) is 66.9 Å². The summed E-state index contributed by atoms with van der Waals surface area (Å²) in [5, 5.41) is 19.3. The van der Waals surface area contributed by atoms with E-state index in [1.54, 1.807) is 14.2 Å². The van der Waals surface area contributed by atoms with Crippen molar-refractivity contribution in [3.05, 3.63) is 0 Å². The average molecular weight is 1360 g/mol. The van der Waals surface area contributed by atoms with Gasteiger partial charge in [-0.25, -0.2) is 33.6 Å². The molecule has 0 atom stereocenters. The zero-order valence-corrected chi connectivity index (χ0v) is 55.8. The van der Waals surface area contributed by atoms with Crippen LogP contribution in [0, 0.1) is 0 Å². The lowest BCUT2D eigenvalue weighted by Gasteiger charge is -2.35. The number of hydrogen-bond acceptors (Lipinski definition) is 28. The van der Waals surface area contributed by atoms with Crippen molar-refractivity contribution in [1.82, 2.24) is 42.5 Å². The molecule has 36 nitrogen and oxygen atoms in total. The van der Waals surface area contributed by atoms with E-state index in [-0.39, 0.29) is 135 Å². The number of ether oxygens (including phenoxy) is 14. The van der Waals surface area contributed by atoms with E-state index in [1.165, 1.54) is 105 Å². The molecule has 8 N–H and O–H groups in total. The predicted molar refractivity (Wildman–Crippen MR) is 335 cm³/mol. The van der Waals surface area contributed by atoms with Crippen LogP contribution in [0.2, 0.25) is 0 Å². The van der Waals surface area contributed by atoms with Crippen molar-refractivity contribution < 1.29 is 133 Å². The average Bonchev–Trinajstić information content (AvgIpc) is 1.21. The molecule has 0 bridgehead atoms. The molecule has 0 aromatic carbocycles. The lowest BCUT2D eigenvalue weighted by molar-refractivity contribution is -0.138. The van der Waals surface area contributed by atoms with E-state index in [1.807, 2.05) is 0 Å². The number of Topliss-reactive ketones (excluding diaryl/α,β-unsaturated/α-hetero) is 5. The van der Waals surface area contributed by atoms with Crippen LogP contribution in [0.4, 0.5) is 33.6 Å². The molecule has 0 spiro atoms. The van der Waals surface area contributed by atoms with Gasteiger partial charge in [0, 0.05) is 82.1 Å². The van der Waals surface area contributed by atoms with E-state index in [4.69, 9.17) is 47.4 Å². The number of amides is 8. The van der Waals surface area contributed by atoms with Gasteiger partial charge in [-0.3, -0.25) is 33.6 Å². The van der Waals surface area contributed by atoms with Crippen LogP contribution in [-0.4, -0.2) is 271 Å². The van der Waals surface area contributed by atoms with Crippen molar-refractivity contribution in [1.29, 1.82) is 0 Å². The number of esters is 1. The van der Waals surface area contributed by atoms with Gasteiger partial charge in [-0.1, -0.05) is 14.9 Å². The second-order valence-electron chi connectivity index (χ2n) is 18.3. The van der Waals surface area contributed by atoms with Crippen LogP contribution in [0.15, 0.2) is 0 Å². The molecule has 0 aromatic rings. The molecule has 8 amide bonds. The first-order valence-electron chi connectivity index (χ1n) is 27.9. The van der Waals surface area contributed by atoms with Gasteiger partial charge < -0.3 is 109 Å². The summed E-state index contributed by atoms with van der Waals surface area (Å²) in [6.07, 6.45) is -3.20. The fourth-order valence-corrected chi connectivity index (χ4v) is 5.85. The third-order valence-corrected chi connectivity index (χ3v) is 9.96. The molecule has 0 unspecified atom stereocenters. The van der Waals surface area contributed by atoms with Crippen LogP contribution in [0.1, 0.15) is 101 Å². The number of hydrogen-bond donors (Lipinski definition) is 8. The van der Waals surface area contributed by atoms with Crippen molar-refractivity contribution in [3.63, 3.8) is 0 Å². The first-order chi connectivity index (χ1) is 42.9. The third kappa shape index (κ3) is 78.1. The zero-order valence-electron chi connectivity index (χ0n) is 55.8. The van der Waals surface area contributed by atoms with Gasteiger partial charge in [-0.2, -0.15) is 0 Å². The Morgan fingerprint density at radius 1 is 0.355 bits per heavy atom. The number of nitrogens with one attached hydrogen (secondary N) is 8. The molecule has 93 heavy (non-hydrogen) atoms. The number of alkyl carbamates (subject to hydrolysis) is 7. The highest BCUT2D eigenvalue weighted by Gasteiger charge is 2.32. The molecule has 546 valence electrons. The normalized spacial score (nSPS) is 9.68. The molecule has 0 aliphatic rings. The van der Waals surface area contributed by atoms with Gasteiger partial charge in [-0.15, -0.1) is 0 Å². The minimum atomic E-state index is -0.767. The highest BCUT2D eigenvalue weighted by atomic mass is 16.6. The Morgan fingerprint density at radius 3 is 0.882 bits per heavy atom. The number of carbonyl (C=O) groups excluding carboxylic acids is 14. The lowest BCUT2D eigenvalue weighted by Crippen LogP contribution is -2.49. The Morgan fingerprint density at radius 2 is 0.645 bits per heavy atom. The summed E-state index contributed by atoms with van der Waals surface area (Å²) in [6, 6.07) is 0. The molecule has 0 saturated heterocycles. The monoisotopic (exact) mass is 1350 g/mol. The van der Waals surface area contributed by atoms with E-state index in [2.05, 4.69) is 61.5 Å². The van der Waals surface area contributed by atoms with E-state index in [9.17, 15) is 67.1 Å². The van der Waals surface area contributed by atoms with Crippen LogP contribution in [-0.2, 0) is 99.9 Å². The van der Waals surface area contributed by atoms with E-state index in [0.717, 1.165) is 0 Å². The Bertz CT molecular complexity index is 1910. The second-order valence-corrected chi connectivity index (χ2v) is 18.3. The van der Waals surface area contributed by atoms with Crippen LogP contribution in [0.25, 0.3) is 0 Å². The zero-order chi connectivity index (χ0) is 71.0. The molecule has 0 saturated carbocycles. The van der Waals surface area contributed by atoms with Crippen molar-refractivity contribution in [2.24, 2.45) is 0 Å². The highest BCUT2D eigenvalue weighted by molar-refractivity contribution is 5.97. The molecule has 0 rings (SSSR count). The first kappa shape index (κ1) is 101. The number of carbonyl (C=O) groups is 14. The maximum absolute atomic E-state index is 12.4. The summed E-state index contributed by atoms with van der Waals surface area (Å²) in [4.78, 5) is 153. The largest absolute Gasteiger partial charge is 0.469 e. The first-order valence-corrected chi connectivity index (χ1v) is 27.9. The van der Waals surface area contributed by atoms with Crippen LogP contribution >= 0.6 is 0 Å². The minimum Gasteiger partial charge on any atom is -0.469 e. The third-order valence-electron chi connectivity index (χ3n) is 9.96. The lowest BCUT2D eigenvalue weighted by atomic mass is 9.83. The summed E-state index contributed by atoms with van der Waals surface area (Å²) < 4.78 is 67.2. The fraction of sp³-hybridized carbons (Fsp3) is 0.754. The van der Waals surface area contributed by atoms with Crippen molar-refractivity contribution in [2.45, 2.75) is 125 Å². The van der Waals surface area contributed by atoms with Gasteiger partial charge in [0.15, 0.2) is 23.1 Å². The van der Waals surface area contributed by atoms with Crippen molar-refractivity contribution in [3.8, 4) is 0 Å². The topological polar surface area (TPSA) is 464 Å². The Balaban J connectivity index is -0.000000170. The SMILES string of the molecule is C.C.CNC(=O)OCC(COC(=O)NC)OCC(C)=O.CNC(=O)OCCCC(CCCOC(=O)NC)(CCCOC(=O)NC)NC(=O)CC(C)=O.COC(=O)NCC(CNC(=O)OC)OCC(C)=O.COC(C)=O.COCC(C)=O.COCC(COC)OCC(C)=O. The molecular weight excluding hydrogens is 1240 g/mol. The summed E-state index contributed by atoms with van der Waals surface area (Å²) in [5.74, 6) is -1.21. The molecule has 0 aromatic heterocycles. The fourth-order valence-electron chi connectivity index (χ4n) is 5.85. The maximum Gasteiger partial charge on any atom is 0.406 e.